The topological polar surface area (TPSA) is 83.7 Å². The van der Waals surface area contributed by atoms with Crippen LogP contribution in [0.15, 0.2) is 12.1 Å². The Morgan fingerprint density at radius 3 is 2.89 bits per heavy atom. The van der Waals surface area contributed by atoms with Gasteiger partial charge in [0.15, 0.2) is 0 Å². The van der Waals surface area contributed by atoms with Crippen LogP contribution in [0.5, 0.6) is 0 Å². The Labute approximate surface area is 108 Å². The summed E-state index contributed by atoms with van der Waals surface area (Å²) in [5.74, 6) is -0.243. The first-order chi connectivity index (χ1) is 8.39. The van der Waals surface area contributed by atoms with Crippen molar-refractivity contribution >= 4 is 22.2 Å². The largest absolute Gasteiger partial charge is 0.388 e. The van der Waals surface area contributed by atoms with Gasteiger partial charge in [0, 0.05) is 19.2 Å². The summed E-state index contributed by atoms with van der Waals surface area (Å²) in [5, 5.41) is 20.5. The molecule has 1 aromatic rings. The minimum absolute atomic E-state index is 0.0397. The Balaban J connectivity index is 2.13. The summed E-state index contributed by atoms with van der Waals surface area (Å²) in [6, 6.07) is 2.80. The number of hydrogen-bond acceptors (Lipinski definition) is 5. The highest BCUT2D eigenvalue weighted by molar-refractivity contribution is 7.17. The molecule has 1 unspecified atom stereocenters. The molecule has 0 radical (unpaired) electrons. The summed E-state index contributed by atoms with van der Waals surface area (Å²) < 4.78 is 0. The van der Waals surface area contributed by atoms with Crippen LogP contribution in [0.25, 0.3) is 0 Å². The fraction of sp³-hybridized carbons (Fsp3) is 0.545. The first-order valence-electron chi connectivity index (χ1n) is 5.65. The Kier molecular flexibility index (Phi) is 3.36. The predicted octanol–water partition coefficient (Wildman–Crippen LogP) is 1.64. The van der Waals surface area contributed by atoms with Crippen LogP contribution in [0.3, 0.4) is 0 Å². The maximum Gasteiger partial charge on any atom is 0.324 e. The number of nitrogens with zero attached hydrogens (tertiary/aromatic N) is 2. The van der Waals surface area contributed by atoms with E-state index in [1.807, 2.05) is 0 Å². The van der Waals surface area contributed by atoms with Gasteiger partial charge in [-0.2, -0.15) is 0 Å². The highest BCUT2D eigenvalue weighted by atomic mass is 32.1. The minimum atomic E-state index is -0.864. The molecule has 7 heteroatoms. The lowest BCUT2D eigenvalue weighted by atomic mass is 9.95. The molecule has 0 aromatic carbocycles. The van der Waals surface area contributed by atoms with Crippen LogP contribution in [0.2, 0.25) is 0 Å². The van der Waals surface area contributed by atoms with Crippen LogP contribution in [-0.4, -0.2) is 39.5 Å². The summed E-state index contributed by atoms with van der Waals surface area (Å²) in [7, 11) is 0. The second kappa shape index (κ2) is 4.66. The number of thiophene rings is 1. The molecule has 1 aliphatic heterocycles. The lowest BCUT2D eigenvalue weighted by Gasteiger charge is -2.36. The Bertz CT molecular complexity index is 483. The highest BCUT2D eigenvalue weighted by Crippen LogP contribution is 2.27. The summed E-state index contributed by atoms with van der Waals surface area (Å²) >= 11 is 0.871. The second-order valence-corrected chi connectivity index (χ2v) is 5.78. The van der Waals surface area contributed by atoms with Gasteiger partial charge in [-0.25, -0.2) is 0 Å². The van der Waals surface area contributed by atoms with Crippen LogP contribution in [0, 0.1) is 10.1 Å². The van der Waals surface area contributed by atoms with Gasteiger partial charge in [-0.1, -0.05) is 11.3 Å². The molecule has 1 amide bonds. The normalized spacial score (nSPS) is 24.0. The van der Waals surface area contributed by atoms with Gasteiger partial charge in [-0.15, -0.1) is 0 Å². The third-order valence-corrected chi connectivity index (χ3v) is 3.97. The smallest absolute Gasteiger partial charge is 0.324 e. The van der Waals surface area contributed by atoms with Crippen molar-refractivity contribution in [1.82, 2.24) is 4.90 Å². The van der Waals surface area contributed by atoms with Crippen LogP contribution in [-0.2, 0) is 0 Å². The van der Waals surface area contributed by atoms with Crippen molar-refractivity contribution < 1.29 is 14.8 Å². The lowest BCUT2D eigenvalue weighted by Crippen LogP contribution is -2.48. The monoisotopic (exact) mass is 270 g/mol. The Morgan fingerprint density at radius 1 is 1.61 bits per heavy atom. The zero-order valence-electron chi connectivity index (χ0n) is 9.96. The van der Waals surface area contributed by atoms with Gasteiger partial charge in [0.05, 0.1) is 15.4 Å². The van der Waals surface area contributed by atoms with E-state index in [1.54, 1.807) is 11.8 Å². The molecule has 1 fully saturated rings. The standard InChI is InChI=1S/C11H14N2O4S/c1-11(15)5-2-6-12(7-11)10(14)8-3-4-9(18-8)13(16)17/h3-4,15H,2,5-7H2,1H3. The van der Waals surface area contributed by atoms with Gasteiger partial charge < -0.3 is 10.0 Å². The van der Waals surface area contributed by atoms with Crippen LogP contribution >= 0.6 is 11.3 Å². The Hall–Kier alpha value is -1.47. The number of hydrogen-bond donors (Lipinski definition) is 1. The molecule has 0 saturated carbocycles. The number of likely N-dealkylation sites (tertiary alicyclic amines) is 1. The molecule has 1 aromatic heterocycles. The first kappa shape index (κ1) is 13.0. The number of amides is 1. The highest BCUT2D eigenvalue weighted by Gasteiger charge is 2.32. The predicted molar refractivity (Wildman–Crippen MR) is 66.7 cm³/mol. The van der Waals surface area contributed by atoms with Crippen LogP contribution in [0.4, 0.5) is 5.00 Å². The number of carbonyl (C=O) groups is 1. The van der Waals surface area contributed by atoms with Crippen molar-refractivity contribution in [3.8, 4) is 0 Å². The quantitative estimate of drug-likeness (QED) is 0.654. The zero-order chi connectivity index (χ0) is 13.3. The molecule has 18 heavy (non-hydrogen) atoms. The van der Waals surface area contributed by atoms with Crippen molar-refractivity contribution in [2.75, 3.05) is 13.1 Å². The van der Waals surface area contributed by atoms with Gasteiger partial charge in [0.2, 0.25) is 0 Å². The van der Waals surface area contributed by atoms with Crippen molar-refractivity contribution in [1.29, 1.82) is 0 Å². The lowest BCUT2D eigenvalue weighted by molar-refractivity contribution is -0.380. The molecule has 1 atom stereocenters. The molecule has 2 rings (SSSR count). The number of aliphatic hydroxyl groups is 1. The van der Waals surface area contributed by atoms with E-state index in [2.05, 4.69) is 0 Å². The number of rotatable bonds is 2. The maximum atomic E-state index is 12.1. The molecule has 6 nitrogen and oxygen atoms in total. The van der Waals surface area contributed by atoms with Crippen molar-refractivity contribution in [3.05, 3.63) is 27.1 Å². The summed E-state index contributed by atoms with van der Waals surface area (Å²) in [4.78, 5) is 24.1. The van der Waals surface area contributed by atoms with E-state index in [4.69, 9.17) is 0 Å². The molecule has 98 valence electrons. The van der Waals surface area contributed by atoms with Crippen LogP contribution < -0.4 is 0 Å². The summed E-state index contributed by atoms with van der Waals surface area (Å²) in [6.07, 6.45) is 1.41. The summed E-state index contributed by atoms with van der Waals surface area (Å²) in [5.41, 5.74) is -0.864. The molecule has 0 aliphatic carbocycles. The summed E-state index contributed by atoms with van der Waals surface area (Å²) in [6.45, 7) is 2.56. The van der Waals surface area contributed by atoms with Gasteiger partial charge >= 0.3 is 5.00 Å². The average Bonchev–Trinajstić information content (AvgIpc) is 2.76. The minimum Gasteiger partial charge on any atom is -0.388 e. The molecule has 1 N–H and O–H groups in total. The van der Waals surface area contributed by atoms with E-state index in [-0.39, 0.29) is 17.5 Å². The van der Waals surface area contributed by atoms with E-state index >= 15 is 0 Å². The SMILES string of the molecule is CC1(O)CCCN(C(=O)c2ccc([N+](=O)[O-])s2)C1. The number of carbonyl (C=O) groups excluding carboxylic acids is 1. The van der Waals surface area contributed by atoms with Crippen molar-refractivity contribution in [2.24, 2.45) is 0 Å². The van der Waals surface area contributed by atoms with Gasteiger partial charge in [0.1, 0.15) is 0 Å². The Morgan fingerprint density at radius 2 is 2.33 bits per heavy atom. The van der Waals surface area contributed by atoms with E-state index in [9.17, 15) is 20.0 Å². The zero-order valence-corrected chi connectivity index (χ0v) is 10.8. The third-order valence-electron chi connectivity index (χ3n) is 2.94. The van der Waals surface area contributed by atoms with E-state index in [0.29, 0.717) is 17.8 Å². The fourth-order valence-corrected chi connectivity index (χ4v) is 2.88. The molecule has 1 saturated heterocycles. The average molecular weight is 270 g/mol. The van der Waals surface area contributed by atoms with E-state index in [1.165, 1.54) is 12.1 Å². The molecular weight excluding hydrogens is 256 g/mol. The van der Waals surface area contributed by atoms with Crippen molar-refractivity contribution in [3.63, 3.8) is 0 Å². The molecule has 0 bridgehead atoms. The fourth-order valence-electron chi connectivity index (χ4n) is 2.09. The van der Waals surface area contributed by atoms with Gasteiger partial charge in [-0.05, 0) is 25.8 Å². The van der Waals surface area contributed by atoms with Crippen molar-refractivity contribution in [2.45, 2.75) is 25.4 Å². The molecular formula is C11H14N2O4S. The second-order valence-electron chi connectivity index (χ2n) is 4.72. The maximum absolute atomic E-state index is 12.1. The molecule has 1 aliphatic rings. The first-order valence-corrected chi connectivity index (χ1v) is 6.47. The third kappa shape index (κ3) is 2.68. The number of piperidine rings is 1. The number of β-amino-alcohol motifs (C(OH)–C–C–N with tert-alkyl or cyclic N) is 1. The van der Waals surface area contributed by atoms with Crippen LogP contribution in [0.1, 0.15) is 29.4 Å². The van der Waals surface area contributed by atoms with Gasteiger partial charge in [-0.3, -0.25) is 14.9 Å². The number of nitro groups is 1. The van der Waals surface area contributed by atoms with E-state index < -0.39 is 10.5 Å². The van der Waals surface area contributed by atoms with Gasteiger partial charge in [0.25, 0.3) is 5.91 Å². The molecule has 0 spiro atoms. The van der Waals surface area contributed by atoms with E-state index in [0.717, 1.165) is 17.8 Å². The molecule has 2 heterocycles.